The molecule has 2 N–H and O–H groups in total. The second-order valence-corrected chi connectivity index (χ2v) is 9.78. The quantitative estimate of drug-likeness (QED) is 0.279. The van der Waals surface area contributed by atoms with E-state index in [-0.39, 0.29) is 30.5 Å². The van der Waals surface area contributed by atoms with Crippen LogP contribution >= 0.6 is 0 Å². The van der Waals surface area contributed by atoms with Gasteiger partial charge in [-0.3, -0.25) is 14.4 Å². The van der Waals surface area contributed by atoms with Crippen molar-refractivity contribution >= 4 is 22.8 Å². The molecule has 1 aromatic carbocycles. The number of pyridine rings is 2. The fourth-order valence-corrected chi connectivity index (χ4v) is 5.53. The lowest BCUT2D eigenvalue weighted by molar-refractivity contribution is -0.145. The largest absolute Gasteiger partial charge is 0.461 e. The van der Waals surface area contributed by atoms with E-state index in [2.05, 4.69) is 12.2 Å². The Labute approximate surface area is 213 Å². The van der Waals surface area contributed by atoms with Crippen molar-refractivity contribution in [3.63, 3.8) is 0 Å². The number of halogens is 1. The van der Waals surface area contributed by atoms with Gasteiger partial charge in [-0.2, -0.15) is 0 Å². The number of unbranched alkanes of at least 4 members (excludes halogenated alkanes) is 2. The van der Waals surface area contributed by atoms with Crippen LogP contribution in [0.25, 0.3) is 22.3 Å². The zero-order valence-corrected chi connectivity index (χ0v) is 21.0. The highest BCUT2D eigenvalue weighted by molar-refractivity contribution is 5.93. The highest BCUT2D eigenvalue weighted by Crippen LogP contribution is 2.44. The molecule has 0 bridgehead atoms. The normalized spacial score (nSPS) is 15.4. The lowest BCUT2D eigenvalue weighted by Crippen LogP contribution is -2.33. The molecule has 1 atom stereocenters. The molecule has 1 aliphatic heterocycles. The number of esters is 1. The van der Waals surface area contributed by atoms with Gasteiger partial charge in [0.05, 0.1) is 35.1 Å². The number of aromatic nitrogens is 2. The number of hydrogen-bond acceptors (Lipinski definition) is 6. The number of amides is 1. The number of fused-ring (bicyclic) bond motifs is 4. The maximum Gasteiger partial charge on any atom is 0.306 e. The molecule has 0 unspecified atom stereocenters. The van der Waals surface area contributed by atoms with Gasteiger partial charge in [0.25, 0.3) is 5.56 Å². The molecule has 1 aliphatic carbocycles. The minimum absolute atomic E-state index is 0.105. The molecule has 0 radical (unpaired) electrons. The summed E-state index contributed by atoms with van der Waals surface area (Å²) in [6, 6.07) is 4.42. The molecular weight excluding hydrogens is 477 g/mol. The molecule has 5 rings (SSSR count). The third-order valence-electron chi connectivity index (χ3n) is 7.44. The van der Waals surface area contributed by atoms with Crippen molar-refractivity contribution in [2.24, 2.45) is 0 Å². The maximum atomic E-state index is 14.8. The molecule has 194 valence electrons. The van der Waals surface area contributed by atoms with Crippen LogP contribution in [-0.2, 0) is 33.9 Å². The molecule has 0 fully saturated rings. The zero-order chi connectivity index (χ0) is 26.3. The monoisotopic (exact) mass is 507 g/mol. The minimum atomic E-state index is -0.636. The summed E-state index contributed by atoms with van der Waals surface area (Å²) in [5, 5.41) is 13.0. The SMILES string of the molecule is CCCCCC(=O)OCc1ccc2n(c1=O)Cc1c-2nc2cc(F)c(C)c3c2c1[C@@H](NC(=O)CO)CC3. The second-order valence-electron chi connectivity index (χ2n) is 9.78. The first-order valence-electron chi connectivity index (χ1n) is 12.8. The number of benzene rings is 1. The predicted octanol–water partition coefficient (Wildman–Crippen LogP) is 3.59. The average Bonchev–Trinajstić information content (AvgIpc) is 3.26. The van der Waals surface area contributed by atoms with Crippen LogP contribution in [0.15, 0.2) is 23.0 Å². The highest BCUT2D eigenvalue weighted by atomic mass is 19.1. The lowest BCUT2D eigenvalue weighted by atomic mass is 9.81. The Morgan fingerprint density at radius 1 is 1.27 bits per heavy atom. The lowest BCUT2D eigenvalue weighted by Gasteiger charge is -2.29. The van der Waals surface area contributed by atoms with Gasteiger partial charge < -0.3 is 19.7 Å². The van der Waals surface area contributed by atoms with Crippen LogP contribution in [0.5, 0.6) is 0 Å². The molecule has 8 nitrogen and oxygen atoms in total. The van der Waals surface area contributed by atoms with E-state index < -0.39 is 18.6 Å². The van der Waals surface area contributed by atoms with Crippen LogP contribution < -0.4 is 10.9 Å². The first-order chi connectivity index (χ1) is 17.8. The van der Waals surface area contributed by atoms with Gasteiger partial charge in [0.1, 0.15) is 19.0 Å². The number of aliphatic hydroxyl groups is 1. The van der Waals surface area contributed by atoms with Crippen LogP contribution in [-0.4, -0.2) is 33.1 Å². The van der Waals surface area contributed by atoms with Gasteiger partial charge in [0.2, 0.25) is 5.91 Å². The molecule has 2 aromatic heterocycles. The van der Waals surface area contributed by atoms with Gasteiger partial charge in [-0.25, -0.2) is 9.37 Å². The molecule has 37 heavy (non-hydrogen) atoms. The molecule has 9 heteroatoms. The Balaban J connectivity index is 1.56. The van der Waals surface area contributed by atoms with Crippen molar-refractivity contribution in [3.05, 3.63) is 62.2 Å². The number of carbonyl (C=O) groups excluding carboxylic acids is 2. The van der Waals surface area contributed by atoms with Gasteiger partial charge in [-0.05, 0) is 55.0 Å². The Morgan fingerprint density at radius 2 is 2.08 bits per heavy atom. The van der Waals surface area contributed by atoms with Crippen LogP contribution in [0.4, 0.5) is 4.39 Å². The minimum Gasteiger partial charge on any atom is -0.461 e. The van der Waals surface area contributed by atoms with Gasteiger partial charge in [-0.15, -0.1) is 0 Å². The van der Waals surface area contributed by atoms with Gasteiger partial charge in [0.15, 0.2) is 0 Å². The maximum absolute atomic E-state index is 14.8. The summed E-state index contributed by atoms with van der Waals surface area (Å²) in [7, 11) is 0. The van der Waals surface area contributed by atoms with Crippen LogP contribution in [0.3, 0.4) is 0 Å². The van der Waals surface area contributed by atoms with E-state index in [9.17, 15) is 23.9 Å². The van der Waals surface area contributed by atoms with Crippen LogP contribution in [0.2, 0.25) is 0 Å². The smallest absolute Gasteiger partial charge is 0.306 e. The molecule has 1 amide bonds. The molecule has 3 heterocycles. The van der Waals surface area contributed by atoms with Crippen molar-refractivity contribution in [1.29, 1.82) is 0 Å². The van der Waals surface area contributed by atoms with E-state index >= 15 is 0 Å². The van der Waals surface area contributed by atoms with E-state index in [1.807, 2.05) is 0 Å². The van der Waals surface area contributed by atoms with Crippen LogP contribution in [0, 0.1) is 12.7 Å². The molecule has 0 saturated heterocycles. The molecule has 0 saturated carbocycles. The van der Waals surface area contributed by atoms with Crippen molar-refractivity contribution in [3.8, 4) is 11.4 Å². The summed E-state index contributed by atoms with van der Waals surface area (Å²) in [6.07, 6.45) is 4.13. The summed E-state index contributed by atoms with van der Waals surface area (Å²) in [6.45, 7) is 3.29. The number of rotatable bonds is 8. The standard InChI is InChI=1S/C28H30FN3O5/c1-3-4-5-6-24(35)37-14-16-7-10-22-27-18(12-32(22)28(16)36)26-20(30-23(34)13-33)9-8-17-15(2)19(29)11-21(31-27)25(17)26/h7,10-11,20,33H,3-6,8-9,12-14H2,1-2H3,(H,30,34)/t20-/m0/s1. The average molecular weight is 508 g/mol. The summed E-state index contributed by atoms with van der Waals surface area (Å²) < 4.78 is 21.7. The van der Waals surface area contributed by atoms with Gasteiger partial charge >= 0.3 is 5.97 Å². The molecule has 2 aliphatic rings. The molecule has 3 aromatic rings. The van der Waals surface area contributed by atoms with Gasteiger partial charge in [0, 0.05) is 23.4 Å². The number of ether oxygens (including phenoxy) is 1. The highest BCUT2D eigenvalue weighted by Gasteiger charge is 2.34. The Bertz CT molecular complexity index is 1480. The van der Waals surface area contributed by atoms with Crippen molar-refractivity contribution in [2.45, 2.75) is 71.6 Å². The van der Waals surface area contributed by atoms with Gasteiger partial charge in [-0.1, -0.05) is 19.8 Å². The summed E-state index contributed by atoms with van der Waals surface area (Å²) in [5.74, 6) is -1.17. The Hall–Kier alpha value is -3.59. The molecular formula is C28H30FN3O5. The Morgan fingerprint density at radius 3 is 2.84 bits per heavy atom. The topological polar surface area (TPSA) is 111 Å². The summed E-state index contributed by atoms with van der Waals surface area (Å²) in [4.78, 5) is 42.3. The number of aliphatic hydroxyl groups excluding tert-OH is 1. The number of hydrogen-bond donors (Lipinski definition) is 2. The number of nitrogens with one attached hydrogen (secondary N) is 1. The predicted molar refractivity (Wildman–Crippen MR) is 135 cm³/mol. The van der Waals surface area contributed by atoms with E-state index in [0.29, 0.717) is 47.3 Å². The second kappa shape index (κ2) is 10.0. The molecule has 0 spiro atoms. The first-order valence-corrected chi connectivity index (χ1v) is 12.8. The van der Waals surface area contributed by atoms with Crippen LogP contribution in [0.1, 0.15) is 72.9 Å². The summed E-state index contributed by atoms with van der Waals surface area (Å²) >= 11 is 0. The number of aryl methyl sites for hydroxylation is 1. The fraction of sp³-hybridized carbons (Fsp3) is 0.429. The van der Waals surface area contributed by atoms with E-state index in [1.165, 1.54) is 6.07 Å². The summed E-state index contributed by atoms with van der Waals surface area (Å²) in [5.41, 5.74) is 4.76. The third-order valence-corrected chi connectivity index (χ3v) is 7.44. The van der Waals surface area contributed by atoms with Crippen molar-refractivity contribution in [2.75, 3.05) is 6.61 Å². The zero-order valence-electron chi connectivity index (χ0n) is 21.0. The van der Waals surface area contributed by atoms with E-state index in [4.69, 9.17) is 9.72 Å². The van der Waals surface area contributed by atoms with E-state index in [0.717, 1.165) is 41.3 Å². The number of carbonyl (C=O) groups is 2. The Kier molecular flexibility index (Phi) is 6.81. The number of nitrogens with zero attached hydrogens (tertiary/aromatic N) is 2. The fourth-order valence-electron chi connectivity index (χ4n) is 5.53. The van der Waals surface area contributed by atoms with Crippen molar-refractivity contribution in [1.82, 2.24) is 14.9 Å². The van der Waals surface area contributed by atoms with Crippen molar-refractivity contribution < 1.29 is 23.8 Å². The van der Waals surface area contributed by atoms with E-state index in [1.54, 1.807) is 23.6 Å². The third kappa shape index (κ3) is 4.41. The first kappa shape index (κ1) is 25.1.